The minimum atomic E-state index is -0.375. The van der Waals surface area contributed by atoms with Gasteiger partial charge in [-0.1, -0.05) is 23.7 Å². The predicted octanol–water partition coefficient (Wildman–Crippen LogP) is 3.58. The van der Waals surface area contributed by atoms with Crippen LogP contribution in [0, 0.1) is 5.92 Å². The van der Waals surface area contributed by atoms with Gasteiger partial charge in [0.2, 0.25) is 0 Å². The Kier molecular flexibility index (Phi) is 4.43. The molecular weight excluding hydrogens is 236 g/mol. The van der Waals surface area contributed by atoms with Gasteiger partial charge in [-0.05, 0) is 49.8 Å². The van der Waals surface area contributed by atoms with Crippen molar-refractivity contribution in [2.45, 2.75) is 38.4 Å². The van der Waals surface area contributed by atoms with Crippen molar-refractivity contribution < 1.29 is 9.84 Å². The van der Waals surface area contributed by atoms with Crippen molar-refractivity contribution in [3.8, 4) is 0 Å². The van der Waals surface area contributed by atoms with Crippen molar-refractivity contribution in [2.75, 3.05) is 6.61 Å². The lowest BCUT2D eigenvalue weighted by molar-refractivity contribution is -0.0380. The van der Waals surface area contributed by atoms with Crippen molar-refractivity contribution >= 4 is 11.6 Å². The quantitative estimate of drug-likeness (QED) is 0.870. The van der Waals surface area contributed by atoms with Gasteiger partial charge in [0, 0.05) is 11.6 Å². The molecule has 1 aromatic carbocycles. The molecule has 0 heterocycles. The average molecular weight is 255 g/mol. The Balaban J connectivity index is 1.78. The van der Waals surface area contributed by atoms with E-state index in [4.69, 9.17) is 16.3 Å². The maximum absolute atomic E-state index is 10.1. The summed E-state index contributed by atoms with van der Waals surface area (Å²) in [5.41, 5.74) is 0.953. The van der Waals surface area contributed by atoms with Crippen molar-refractivity contribution in [1.29, 1.82) is 0 Å². The number of rotatable bonds is 5. The summed E-state index contributed by atoms with van der Waals surface area (Å²) in [6.07, 6.45) is 3.03. The fraction of sp³-hybridized carbons (Fsp3) is 0.571. The first kappa shape index (κ1) is 12.9. The second-order valence-electron chi connectivity index (χ2n) is 4.72. The molecular formula is C14H19ClO2. The maximum atomic E-state index is 10.1. The first-order chi connectivity index (χ1) is 8.19. The van der Waals surface area contributed by atoms with Crippen LogP contribution < -0.4 is 0 Å². The van der Waals surface area contributed by atoms with Gasteiger partial charge in [0.1, 0.15) is 0 Å². The molecule has 1 aromatic rings. The van der Waals surface area contributed by atoms with Crippen molar-refractivity contribution in [3.63, 3.8) is 0 Å². The predicted molar refractivity (Wildman–Crippen MR) is 69.2 cm³/mol. The van der Waals surface area contributed by atoms with Crippen LogP contribution in [-0.2, 0) is 4.74 Å². The van der Waals surface area contributed by atoms with Gasteiger partial charge in [-0.3, -0.25) is 0 Å². The number of halogens is 1. The largest absolute Gasteiger partial charge is 0.388 e. The second-order valence-corrected chi connectivity index (χ2v) is 5.15. The molecule has 0 spiro atoms. The van der Waals surface area contributed by atoms with E-state index in [1.54, 1.807) is 0 Å². The summed E-state index contributed by atoms with van der Waals surface area (Å²) in [6.45, 7) is 2.81. The molecule has 0 saturated heterocycles. The molecule has 3 heteroatoms. The van der Waals surface area contributed by atoms with Gasteiger partial charge in [0.05, 0.1) is 12.2 Å². The van der Waals surface area contributed by atoms with Crippen LogP contribution in [0.15, 0.2) is 24.3 Å². The Morgan fingerprint density at radius 2 is 2.00 bits per heavy atom. The fourth-order valence-electron chi connectivity index (χ4n) is 2.38. The Labute approximate surface area is 108 Å². The van der Waals surface area contributed by atoms with Crippen molar-refractivity contribution in [3.05, 3.63) is 34.9 Å². The third kappa shape index (κ3) is 3.44. The molecule has 2 nitrogen and oxygen atoms in total. The summed E-state index contributed by atoms with van der Waals surface area (Å²) < 4.78 is 5.51. The molecule has 2 rings (SSSR count). The zero-order valence-corrected chi connectivity index (χ0v) is 10.9. The van der Waals surface area contributed by atoms with Crippen molar-refractivity contribution in [1.82, 2.24) is 0 Å². The van der Waals surface area contributed by atoms with Gasteiger partial charge in [-0.15, -0.1) is 0 Å². The highest BCUT2D eigenvalue weighted by atomic mass is 35.5. The van der Waals surface area contributed by atoms with Crippen molar-refractivity contribution in [2.24, 2.45) is 5.92 Å². The molecule has 94 valence electrons. The van der Waals surface area contributed by atoms with E-state index in [9.17, 15) is 5.11 Å². The number of ether oxygens (including phenoxy) is 1. The number of hydrogen-bond acceptors (Lipinski definition) is 2. The van der Waals surface area contributed by atoms with Crippen LogP contribution >= 0.6 is 11.6 Å². The minimum Gasteiger partial charge on any atom is -0.388 e. The summed E-state index contributed by atoms with van der Waals surface area (Å²) in [5, 5.41) is 10.8. The number of aliphatic hydroxyl groups is 1. The van der Waals surface area contributed by atoms with Gasteiger partial charge in [0.25, 0.3) is 0 Å². The van der Waals surface area contributed by atoms with Crippen LogP contribution in [0.25, 0.3) is 0 Å². The summed E-state index contributed by atoms with van der Waals surface area (Å²) >= 11 is 5.82. The molecule has 1 atom stereocenters. The third-order valence-corrected chi connectivity index (χ3v) is 3.66. The lowest BCUT2D eigenvalue weighted by atomic mass is 9.78. The average Bonchev–Trinajstić information content (AvgIpc) is 2.27. The Morgan fingerprint density at radius 1 is 1.35 bits per heavy atom. The smallest absolute Gasteiger partial charge is 0.0792 e. The zero-order chi connectivity index (χ0) is 12.3. The highest BCUT2D eigenvalue weighted by Gasteiger charge is 2.31. The first-order valence-corrected chi connectivity index (χ1v) is 6.62. The van der Waals surface area contributed by atoms with Crippen LogP contribution in [0.5, 0.6) is 0 Å². The molecule has 1 aliphatic carbocycles. The molecule has 0 bridgehead atoms. The van der Waals surface area contributed by atoms with E-state index in [1.165, 1.54) is 0 Å². The van der Waals surface area contributed by atoms with Gasteiger partial charge in [-0.25, -0.2) is 0 Å². The van der Waals surface area contributed by atoms with E-state index < -0.39 is 0 Å². The molecule has 0 radical (unpaired) electrons. The minimum absolute atomic E-state index is 0.375. The molecule has 1 saturated carbocycles. The fourth-order valence-corrected chi connectivity index (χ4v) is 2.50. The molecule has 17 heavy (non-hydrogen) atoms. The van der Waals surface area contributed by atoms with E-state index >= 15 is 0 Å². The third-order valence-electron chi connectivity index (χ3n) is 3.41. The topological polar surface area (TPSA) is 29.5 Å². The Bertz CT molecular complexity index is 344. The summed E-state index contributed by atoms with van der Waals surface area (Å²) in [6, 6.07) is 7.44. The molecule has 1 N–H and O–H groups in total. The maximum Gasteiger partial charge on any atom is 0.0792 e. The number of benzene rings is 1. The number of hydrogen-bond donors (Lipinski definition) is 1. The SMILES string of the molecule is CCOC1CC(CC(O)c2ccc(Cl)cc2)C1. The van der Waals surface area contributed by atoms with E-state index in [-0.39, 0.29) is 6.10 Å². The van der Waals surface area contributed by atoms with Crippen LogP contribution in [0.2, 0.25) is 5.02 Å². The van der Waals surface area contributed by atoms with E-state index in [0.717, 1.165) is 31.4 Å². The van der Waals surface area contributed by atoms with Crippen LogP contribution in [0.4, 0.5) is 0 Å². The second kappa shape index (κ2) is 5.85. The molecule has 1 fully saturated rings. The Hall–Kier alpha value is -0.570. The number of aliphatic hydroxyl groups excluding tert-OH is 1. The van der Waals surface area contributed by atoms with E-state index in [0.29, 0.717) is 17.0 Å². The molecule has 1 unspecified atom stereocenters. The monoisotopic (exact) mass is 254 g/mol. The van der Waals surface area contributed by atoms with Gasteiger partial charge < -0.3 is 9.84 Å². The summed E-state index contributed by atoms with van der Waals surface area (Å²) in [7, 11) is 0. The molecule has 1 aliphatic rings. The summed E-state index contributed by atoms with van der Waals surface area (Å²) in [4.78, 5) is 0. The van der Waals surface area contributed by atoms with E-state index in [2.05, 4.69) is 0 Å². The molecule has 0 amide bonds. The normalized spacial score (nSPS) is 25.4. The molecule has 0 aliphatic heterocycles. The molecule has 0 aromatic heterocycles. The highest BCUT2D eigenvalue weighted by molar-refractivity contribution is 6.30. The van der Waals surface area contributed by atoms with E-state index in [1.807, 2.05) is 31.2 Å². The van der Waals surface area contributed by atoms with Crippen LogP contribution in [-0.4, -0.2) is 17.8 Å². The highest BCUT2D eigenvalue weighted by Crippen LogP contribution is 2.36. The van der Waals surface area contributed by atoms with Crippen LogP contribution in [0.1, 0.15) is 37.9 Å². The van der Waals surface area contributed by atoms with Gasteiger partial charge in [-0.2, -0.15) is 0 Å². The zero-order valence-electron chi connectivity index (χ0n) is 10.1. The standard InChI is InChI=1S/C14H19ClO2/c1-2-17-13-7-10(8-13)9-14(16)11-3-5-12(15)6-4-11/h3-6,10,13-14,16H,2,7-9H2,1H3. The van der Waals surface area contributed by atoms with Crippen LogP contribution in [0.3, 0.4) is 0 Å². The van der Waals surface area contributed by atoms with Gasteiger partial charge >= 0.3 is 0 Å². The summed E-state index contributed by atoms with van der Waals surface area (Å²) in [5.74, 6) is 0.595. The Morgan fingerprint density at radius 3 is 2.59 bits per heavy atom. The lowest BCUT2D eigenvalue weighted by Gasteiger charge is -2.36. The first-order valence-electron chi connectivity index (χ1n) is 6.24. The lowest BCUT2D eigenvalue weighted by Crippen LogP contribution is -2.32. The van der Waals surface area contributed by atoms with Gasteiger partial charge in [0.15, 0.2) is 0 Å².